The molecule has 0 spiro atoms. The van der Waals surface area contributed by atoms with E-state index in [0.717, 1.165) is 0 Å². The number of carboxylic acids is 1. The van der Waals surface area contributed by atoms with Crippen molar-refractivity contribution in [3.8, 4) is 0 Å². The second-order valence-corrected chi connectivity index (χ2v) is 2.94. The van der Waals surface area contributed by atoms with Crippen LogP contribution in [0.4, 0.5) is 0 Å². The molecular formula is C6H10O8. The number of carbonyl (C=O) groups is 1. The molecule has 0 aromatic heterocycles. The number of hydrogen-bond donors (Lipinski definition) is 6. The predicted octanol–water partition coefficient (Wildman–Crippen LogP) is -3.81. The van der Waals surface area contributed by atoms with Crippen LogP contribution in [0.5, 0.6) is 0 Å². The molecular weight excluding hydrogens is 200 g/mol. The Labute approximate surface area is 77.6 Å². The van der Waals surface area contributed by atoms with Crippen LogP contribution in [0, 0.1) is 0 Å². The lowest BCUT2D eigenvalue weighted by molar-refractivity contribution is -0.371. The van der Waals surface area contributed by atoms with Gasteiger partial charge in [-0.25, -0.2) is 4.79 Å². The highest BCUT2D eigenvalue weighted by Gasteiger charge is 2.57. The van der Waals surface area contributed by atoms with Gasteiger partial charge in [0.1, 0.15) is 18.3 Å². The van der Waals surface area contributed by atoms with E-state index < -0.39 is 36.4 Å². The molecule has 8 nitrogen and oxygen atoms in total. The molecule has 0 saturated carbocycles. The largest absolute Gasteiger partial charge is 0.477 e. The monoisotopic (exact) mass is 210 g/mol. The van der Waals surface area contributed by atoms with E-state index in [-0.39, 0.29) is 0 Å². The van der Waals surface area contributed by atoms with Gasteiger partial charge in [-0.2, -0.15) is 0 Å². The van der Waals surface area contributed by atoms with Gasteiger partial charge in [0, 0.05) is 0 Å². The molecule has 5 atom stereocenters. The number of aliphatic hydroxyl groups excluding tert-OH is 4. The number of rotatable bonds is 1. The van der Waals surface area contributed by atoms with Crippen molar-refractivity contribution in [2.24, 2.45) is 0 Å². The molecule has 0 bridgehead atoms. The number of aliphatic carboxylic acids is 1. The molecule has 0 amide bonds. The summed E-state index contributed by atoms with van der Waals surface area (Å²) in [5.41, 5.74) is 0. The summed E-state index contributed by atoms with van der Waals surface area (Å²) in [7, 11) is 0. The Balaban J connectivity index is 2.96. The van der Waals surface area contributed by atoms with Crippen LogP contribution in [0.3, 0.4) is 0 Å². The summed E-state index contributed by atoms with van der Waals surface area (Å²) in [6.07, 6.45) is -8.24. The minimum atomic E-state index is -3.13. The molecule has 0 aromatic carbocycles. The van der Waals surface area contributed by atoms with Gasteiger partial charge < -0.3 is 35.4 Å². The number of carboxylic acid groups (broad SMARTS) is 1. The van der Waals surface area contributed by atoms with Crippen molar-refractivity contribution < 1.29 is 40.2 Å². The summed E-state index contributed by atoms with van der Waals surface area (Å²) < 4.78 is 4.08. The zero-order chi connectivity index (χ0) is 11.1. The van der Waals surface area contributed by atoms with Crippen LogP contribution in [-0.2, 0) is 9.53 Å². The van der Waals surface area contributed by atoms with Crippen LogP contribution in [-0.4, -0.2) is 67.0 Å². The summed E-state index contributed by atoms with van der Waals surface area (Å²) in [6, 6.07) is 0. The second-order valence-electron chi connectivity index (χ2n) is 2.94. The van der Waals surface area contributed by atoms with Crippen molar-refractivity contribution >= 4 is 5.97 Å². The van der Waals surface area contributed by atoms with Crippen LogP contribution in [0.15, 0.2) is 0 Å². The molecule has 14 heavy (non-hydrogen) atoms. The van der Waals surface area contributed by atoms with E-state index in [1.165, 1.54) is 0 Å². The van der Waals surface area contributed by atoms with Crippen molar-refractivity contribution in [2.45, 2.75) is 30.4 Å². The maximum Gasteiger partial charge on any atom is 0.367 e. The molecule has 1 saturated heterocycles. The van der Waals surface area contributed by atoms with E-state index >= 15 is 0 Å². The first-order valence-electron chi connectivity index (χ1n) is 3.66. The average Bonchev–Trinajstić information content (AvgIpc) is 2.11. The fourth-order valence-electron chi connectivity index (χ4n) is 1.09. The molecule has 8 heteroatoms. The van der Waals surface area contributed by atoms with Crippen LogP contribution >= 0.6 is 0 Å². The fourth-order valence-corrected chi connectivity index (χ4v) is 1.09. The van der Waals surface area contributed by atoms with Gasteiger partial charge in [-0.1, -0.05) is 0 Å². The molecule has 0 radical (unpaired) electrons. The van der Waals surface area contributed by atoms with Crippen molar-refractivity contribution in [1.29, 1.82) is 0 Å². The smallest absolute Gasteiger partial charge is 0.367 e. The third kappa shape index (κ3) is 1.47. The lowest BCUT2D eigenvalue weighted by Crippen LogP contribution is -2.67. The minimum Gasteiger partial charge on any atom is -0.477 e. The van der Waals surface area contributed by atoms with E-state index in [0.29, 0.717) is 0 Å². The molecule has 1 fully saturated rings. The first-order valence-corrected chi connectivity index (χ1v) is 3.66. The summed E-state index contributed by atoms with van der Waals surface area (Å²) in [6.45, 7) is 0. The molecule has 1 unspecified atom stereocenters. The maximum absolute atomic E-state index is 10.4. The van der Waals surface area contributed by atoms with E-state index in [2.05, 4.69) is 4.74 Å². The standard InChI is InChI=1S/C6H10O8/c7-1-2(8)4(10)14-6(13,3(1)9)5(11)12/h1-4,7-10,13H,(H,11,12)/t1-,2-,3+,4?,6+/m1/s1. The van der Waals surface area contributed by atoms with Crippen molar-refractivity contribution in [3.63, 3.8) is 0 Å². The molecule has 1 aliphatic heterocycles. The van der Waals surface area contributed by atoms with Gasteiger partial charge in [-0.05, 0) is 0 Å². The Morgan fingerprint density at radius 3 is 2.07 bits per heavy atom. The number of aliphatic hydroxyl groups is 5. The third-order valence-corrected chi connectivity index (χ3v) is 1.97. The fraction of sp³-hybridized carbons (Fsp3) is 0.833. The van der Waals surface area contributed by atoms with Gasteiger partial charge >= 0.3 is 5.97 Å². The van der Waals surface area contributed by atoms with Crippen molar-refractivity contribution in [3.05, 3.63) is 0 Å². The molecule has 82 valence electrons. The van der Waals surface area contributed by atoms with E-state index in [1.54, 1.807) is 0 Å². The van der Waals surface area contributed by atoms with Crippen LogP contribution in [0.1, 0.15) is 0 Å². The van der Waals surface area contributed by atoms with Gasteiger partial charge in [-0.15, -0.1) is 0 Å². The Morgan fingerprint density at radius 2 is 1.64 bits per heavy atom. The van der Waals surface area contributed by atoms with Gasteiger partial charge in [0.05, 0.1) is 0 Å². The van der Waals surface area contributed by atoms with Crippen LogP contribution in [0.2, 0.25) is 0 Å². The van der Waals surface area contributed by atoms with Gasteiger partial charge in [0.2, 0.25) is 0 Å². The van der Waals surface area contributed by atoms with E-state index in [4.69, 9.17) is 25.5 Å². The van der Waals surface area contributed by atoms with Gasteiger partial charge in [0.15, 0.2) is 6.29 Å². The zero-order valence-corrected chi connectivity index (χ0v) is 6.81. The van der Waals surface area contributed by atoms with E-state index in [9.17, 15) is 9.90 Å². The zero-order valence-electron chi connectivity index (χ0n) is 6.81. The second kappa shape index (κ2) is 3.42. The van der Waals surface area contributed by atoms with Crippen molar-refractivity contribution in [1.82, 2.24) is 0 Å². The van der Waals surface area contributed by atoms with Crippen LogP contribution < -0.4 is 0 Å². The Hall–Kier alpha value is -0.770. The SMILES string of the molecule is O=C(O)[C@@]1(O)OC(O)[C@H](O)[C@@H](O)[C@@H]1O. The highest BCUT2D eigenvalue weighted by molar-refractivity contribution is 5.76. The summed E-state index contributed by atoms with van der Waals surface area (Å²) in [4.78, 5) is 10.4. The molecule has 1 aliphatic rings. The molecule has 0 aromatic rings. The number of hydrogen-bond acceptors (Lipinski definition) is 7. The Morgan fingerprint density at radius 1 is 1.14 bits per heavy atom. The topological polar surface area (TPSA) is 148 Å². The lowest BCUT2D eigenvalue weighted by atomic mass is 9.96. The highest BCUT2D eigenvalue weighted by atomic mass is 16.7. The molecule has 1 heterocycles. The predicted molar refractivity (Wildman–Crippen MR) is 37.7 cm³/mol. The van der Waals surface area contributed by atoms with E-state index in [1.807, 2.05) is 0 Å². The highest BCUT2D eigenvalue weighted by Crippen LogP contribution is 2.27. The van der Waals surface area contributed by atoms with Crippen LogP contribution in [0.25, 0.3) is 0 Å². The summed E-state index contributed by atoms with van der Waals surface area (Å²) >= 11 is 0. The first kappa shape index (κ1) is 11.3. The summed E-state index contributed by atoms with van der Waals surface area (Å²) in [5, 5.41) is 53.6. The lowest BCUT2D eigenvalue weighted by Gasteiger charge is -2.41. The minimum absolute atomic E-state index is 1.88. The first-order chi connectivity index (χ1) is 6.30. The molecule has 0 aliphatic carbocycles. The van der Waals surface area contributed by atoms with Crippen molar-refractivity contribution in [2.75, 3.05) is 0 Å². The quantitative estimate of drug-likeness (QED) is 0.258. The number of ether oxygens (including phenoxy) is 1. The Bertz CT molecular complexity index is 242. The van der Waals surface area contributed by atoms with Gasteiger partial charge in [-0.3, -0.25) is 0 Å². The van der Waals surface area contributed by atoms with Gasteiger partial charge in [0.25, 0.3) is 5.79 Å². The average molecular weight is 210 g/mol. The summed E-state index contributed by atoms with van der Waals surface area (Å²) in [5.74, 6) is -5.10. The normalized spacial score (nSPS) is 48.9. The third-order valence-electron chi connectivity index (χ3n) is 1.97. The maximum atomic E-state index is 10.4. The Kier molecular flexibility index (Phi) is 2.76. The molecule has 1 rings (SSSR count). The molecule has 6 N–H and O–H groups in total.